The molecule has 2 amide bonds. The molecule has 0 spiro atoms. The zero-order valence-corrected chi connectivity index (χ0v) is 19.2. The van der Waals surface area contributed by atoms with Gasteiger partial charge in [0.1, 0.15) is 17.8 Å². The molecule has 0 bridgehead atoms. The van der Waals surface area contributed by atoms with Crippen LogP contribution in [0.25, 0.3) is 0 Å². The quantitative estimate of drug-likeness (QED) is 0.555. The Kier molecular flexibility index (Phi) is 5.51. The number of oxazole rings is 1. The minimum absolute atomic E-state index is 0.0604. The van der Waals surface area contributed by atoms with Gasteiger partial charge in [-0.15, -0.1) is 0 Å². The normalized spacial score (nSPS) is 19.2. The fourth-order valence-electron chi connectivity index (χ4n) is 4.63. The molecule has 2 fully saturated rings. The van der Waals surface area contributed by atoms with Gasteiger partial charge >= 0.3 is 0 Å². The minimum Gasteiger partial charge on any atom is -0.484 e. The first-order chi connectivity index (χ1) is 17.0. The molecule has 1 unspecified atom stereocenters. The Balaban J connectivity index is 1.24. The second-order valence-corrected chi connectivity index (χ2v) is 9.54. The summed E-state index contributed by atoms with van der Waals surface area (Å²) in [5.41, 5.74) is 3.03. The van der Waals surface area contributed by atoms with E-state index in [1.807, 2.05) is 29.2 Å². The second kappa shape index (κ2) is 8.83. The number of halogens is 1. The van der Waals surface area contributed by atoms with E-state index in [4.69, 9.17) is 9.15 Å². The molecule has 7 nitrogen and oxygen atoms in total. The van der Waals surface area contributed by atoms with E-state index in [1.54, 1.807) is 6.07 Å². The largest absolute Gasteiger partial charge is 0.484 e. The third-order valence-corrected chi connectivity index (χ3v) is 6.78. The summed E-state index contributed by atoms with van der Waals surface area (Å²) in [7, 11) is 0. The van der Waals surface area contributed by atoms with Gasteiger partial charge in [-0.05, 0) is 73.1 Å². The maximum atomic E-state index is 14.1. The number of amides is 2. The molecule has 0 saturated heterocycles. The van der Waals surface area contributed by atoms with Gasteiger partial charge in [-0.3, -0.25) is 9.59 Å². The molecule has 1 aromatic heterocycles. The Labute approximate surface area is 202 Å². The second-order valence-electron chi connectivity index (χ2n) is 9.54. The number of aromatic nitrogens is 1. The van der Waals surface area contributed by atoms with Crippen LogP contribution in [0.1, 0.15) is 64.8 Å². The standard InChI is InChI=1S/C27H26FN3O4/c28-19-3-1-2-18(12-19)25-22-13-21(9-6-16(22)10-11-31(25)27(33)17-4-5-17)34-15-24-30-23(14-35-24)26(32)29-20-7-8-20/h1-3,6,9,12-14,17,20,25H,4-5,7-8,10-11,15H2,(H,29,32). The maximum absolute atomic E-state index is 14.1. The summed E-state index contributed by atoms with van der Waals surface area (Å²) >= 11 is 0. The van der Waals surface area contributed by atoms with Crippen LogP contribution in [0.2, 0.25) is 0 Å². The molecule has 1 N–H and O–H groups in total. The maximum Gasteiger partial charge on any atom is 0.273 e. The number of nitrogens with one attached hydrogen (secondary N) is 1. The van der Waals surface area contributed by atoms with Crippen LogP contribution in [0, 0.1) is 11.7 Å². The summed E-state index contributed by atoms with van der Waals surface area (Å²) < 4.78 is 25.5. The number of hydrogen-bond acceptors (Lipinski definition) is 5. The summed E-state index contributed by atoms with van der Waals surface area (Å²) in [5, 5.41) is 2.88. The van der Waals surface area contributed by atoms with Gasteiger partial charge in [0.05, 0.1) is 6.04 Å². The van der Waals surface area contributed by atoms with E-state index in [2.05, 4.69) is 10.3 Å². The Hall–Kier alpha value is -3.68. The number of rotatable bonds is 7. The van der Waals surface area contributed by atoms with Crippen molar-refractivity contribution in [1.29, 1.82) is 0 Å². The van der Waals surface area contributed by atoms with Gasteiger partial charge in [0.15, 0.2) is 12.3 Å². The van der Waals surface area contributed by atoms with Crippen molar-refractivity contribution in [3.05, 3.63) is 82.8 Å². The SMILES string of the molecule is O=C(NC1CC1)c1coc(COc2ccc3c(c2)C(c2cccc(F)c2)N(C(=O)C2CC2)CC3)n1. The molecule has 2 aliphatic carbocycles. The molecule has 2 aromatic carbocycles. The van der Waals surface area contributed by atoms with Crippen molar-refractivity contribution >= 4 is 11.8 Å². The predicted molar refractivity (Wildman–Crippen MR) is 124 cm³/mol. The Morgan fingerprint density at radius 1 is 1.14 bits per heavy atom. The van der Waals surface area contributed by atoms with Crippen LogP contribution < -0.4 is 10.1 Å². The lowest BCUT2D eigenvalue weighted by Crippen LogP contribution is -2.41. The van der Waals surface area contributed by atoms with Gasteiger partial charge in [0, 0.05) is 18.5 Å². The van der Waals surface area contributed by atoms with Gasteiger partial charge in [-0.1, -0.05) is 18.2 Å². The highest BCUT2D eigenvalue weighted by atomic mass is 19.1. The van der Waals surface area contributed by atoms with Gasteiger partial charge in [-0.25, -0.2) is 9.37 Å². The monoisotopic (exact) mass is 475 g/mol. The number of ether oxygens (including phenoxy) is 1. The minimum atomic E-state index is -0.370. The smallest absolute Gasteiger partial charge is 0.273 e. The lowest BCUT2D eigenvalue weighted by Gasteiger charge is -2.38. The summed E-state index contributed by atoms with van der Waals surface area (Å²) in [5.74, 6) is 0.529. The van der Waals surface area contributed by atoms with Gasteiger partial charge in [0.2, 0.25) is 11.8 Å². The average molecular weight is 476 g/mol. The molecule has 2 heterocycles. The molecule has 1 atom stereocenters. The molecule has 2 saturated carbocycles. The van der Waals surface area contributed by atoms with Crippen molar-refractivity contribution in [2.75, 3.05) is 6.54 Å². The lowest BCUT2D eigenvalue weighted by atomic mass is 9.87. The van der Waals surface area contributed by atoms with Crippen molar-refractivity contribution in [3.63, 3.8) is 0 Å². The fraction of sp³-hybridized carbons (Fsp3) is 0.370. The zero-order chi connectivity index (χ0) is 23.9. The number of hydrogen-bond donors (Lipinski definition) is 1. The number of benzene rings is 2. The molecule has 3 aromatic rings. The summed E-state index contributed by atoms with van der Waals surface area (Å²) in [6, 6.07) is 12.1. The summed E-state index contributed by atoms with van der Waals surface area (Å²) in [6.45, 7) is 0.663. The average Bonchev–Trinajstić information content (AvgIpc) is 3.80. The van der Waals surface area contributed by atoms with Crippen molar-refractivity contribution in [2.24, 2.45) is 5.92 Å². The molecule has 0 radical (unpaired) electrons. The third kappa shape index (κ3) is 4.65. The number of nitrogens with zero attached hydrogens (tertiary/aromatic N) is 2. The molecule has 3 aliphatic rings. The van der Waals surface area contributed by atoms with Crippen LogP contribution >= 0.6 is 0 Å². The van der Waals surface area contributed by atoms with Crippen LogP contribution in [-0.2, 0) is 17.8 Å². The Bertz CT molecular complexity index is 1280. The van der Waals surface area contributed by atoms with Crippen LogP contribution in [-0.4, -0.2) is 34.3 Å². The number of fused-ring (bicyclic) bond motifs is 1. The highest BCUT2D eigenvalue weighted by molar-refractivity contribution is 5.92. The molecule has 6 rings (SSSR count). The third-order valence-electron chi connectivity index (χ3n) is 6.78. The first-order valence-corrected chi connectivity index (χ1v) is 12.1. The van der Waals surface area contributed by atoms with Gasteiger partial charge in [-0.2, -0.15) is 0 Å². The van der Waals surface area contributed by atoms with Crippen molar-refractivity contribution < 1.29 is 23.1 Å². The summed E-state index contributed by atoms with van der Waals surface area (Å²) in [4.78, 5) is 31.4. The number of carbonyl (C=O) groups is 2. The highest BCUT2D eigenvalue weighted by Gasteiger charge is 2.39. The highest BCUT2D eigenvalue weighted by Crippen LogP contribution is 2.41. The van der Waals surface area contributed by atoms with Crippen molar-refractivity contribution in [1.82, 2.24) is 15.2 Å². The molecule has 35 heavy (non-hydrogen) atoms. The molecular formula is C27H26FN3O4. The van der Waals surface area contributed by atoms with Crippen LogP contribution in [0.15, 0.2) is 53.1 Å². The van der Waals surface area contributed by atoms with E-state index in [1.165, 1.54) is 18.4 Å². The fourth-order valence-corrected chi connectivity index (χ4v) is 4.63. The van der Waals surface area contributed by atoms with E-state index < -0.39 is 0 Å². The molecule has 180 valence electrons. The van der Waals surface area contributed by atoms with Gasteiger partial charge in [0.25, 0.3) is 5.91 Å². The van der Waals surface area contributed by atoms with Crippen LogP contribution in [0.3, 0.4) is 0 Å². The topological polar surface area (TPSA) is 84.7 Å². The zero-order valence-electron chi connectivity index (χ0n) is 19.2. The predicted octanol–water partition coefficient (Wildman–Crippen LogP) is 4.17. The lowest BCUT2D eigenvalue weighted by molar-refractivity contribution is -0.134. The Morgan fingerprint density at radius 2 is 2.00 bits per heavy atom. The van der Waals surface area contributed by atoms with E-state index in [9.17, 15) is 14.0 Å². The Morgan fingerprint density at radius 3 is 2.77 bits per heavy atom. The van der Waals surface area contributed by atoms with E-state index >= 15 is 0 Å². The van der Waals surface area contributed by atoms with Crippen LogP contribution in [0.4, 0.5) is 4.39 Å². The van der Waals surface area contributed by atoms with E-state index in [-0.39, 0.29) is 47.9 Å². The molecule has 8 heteroatoms. The van der Waals surface area contributed by atoms with Gasteiger partial charge < -0.3 is 19.4 Å². The van der Waals surface area contributed by atoms with E-state index in [0.717, 1.165) is 48.8 Å². The molecular weight excluding hydrogens is 449 g/mol. The van der Waals surface area contributed by atoms with Crippen molar-refractivity contribution in [2.45, 2.75) is 50.8 Å². The summed E-state index contributed by atoms with van der Waals surface area (Å²) in [6.07, 6.45) is 5.90. The first kappa shape index (κ1) is 21.8. The molecule has 1 aliphatic heterocycles. The van der Waals surface area contributed by atoms with Crippen LogP contribution in [0.5, 0.6) is 5.75 Å². The first-order valence-electron chi connectivity index (χ1n) is 12.1. The van der Waals surface area contributed by atoms with E-state index in [0.29, 0.717) is 18.2 Å². The number of carbonyl (C=O) groups excluding carboxylic acids is 2. The van der Waals surface area contributed by atoms with Crippen molar-refractivity contribution in [3.8, 4) is 5.75 Å².